The zero-order valence-electron chi connectivity index (χ0n) is 16.6. The molecule has 2 aliphatic rings. The summed E-state index contributed by atoms with van der Waals surface area (Å²) in [7, 11) is 0. The number of nitrogens with zero attached hydrogens (tertiary/aromatic N) is 7. The quantitative estimate of drug-likeness (QED) is 0.718. The second kappa shape index (κ2) is 5.87. The van der Waals surface area contributed by atoms with Crippen LogP contribution in [0, 0.1) is 12.3 Å². The minimum atomic E-state index is -0.155. The molecule has 0 aliphatic carbocycles. The number of aryl methyl sites for hydroxylation is 1. The molecule has 28 heavy (non-hydrogen) atoms. The highest BCUT2D eigenvalue weighted by atomic mass is 16.5. The van der Waals surface area contributed by atoms with Gasteiger partial charge in [-0.2, -0.15) is 15.0 Å². The molecule has 10 heteroatoms. The van der Waals surface area contributed by atoms with Gasteiger partial charge >= 0.3 is 0 Å². The zero-order chi connectivity index (χ0) is 19.5. The lowest BCUT2D eigenvalue weighted by Crippen LogP contribution is -2.66. The van der Waals surface area contributed by atoms with E-state index in [-0.39, 0.29) is 5.54 Å². The number of aromatic nitrogens is 6. The first kappa shape index (κ1) is 17.4. The van der Waals surface area contributed by atoms with Crippen molar-refractivity contribution in [1.82, 2.24) is 29.7 Å². The number of hydrogen-bond acceptors (Lipinski definition) is 9. The number of anilines is 2. The van der Waals surface area contributed by atoms with Crippen LogP contribution in [0.25, 0.3) is 11.2 Å². The van der Waals surface area contributed by atoms with E-state index >= 15 is 0 Å². The molecule has 2 fully saturated rings. The Morgan fingerprint density at radius 2 is 1.96 bits per heavy atom. The monoisotopic (exact) mass is 384 g/mol. The van der Waals surface area contributed by atoms with Crippen LogP contribution >= 0.6 is 0 Å². The maximum Gasteiger partial charge on any atom is 0.246 e. The molecule has 2 saturated heterocycles. The standard InChI is InChI=1S/C18H24N8O2/c1-11-20-12(28-24-11)5-25-10-19-13-14(25)21-16(23-17(2,3)4)22-15(13)26-6-18(7-26)8-27-9-18/h10H,5-9H2,1-4H3,(H,21,22,23). The molecule has 0 saturated carbocycles. The van der Waals surface area contributed by atoms with Crippen LogP contribution in [0.5, 0.6) is 0 Å². The lowest BCUT2D eigenvalue weighted by Gasteiger charge is -2.55. The molecule has 0 atom stereocenters. The Labute approximate surface area is 162 Å². The fourth-order valence-corrected chi connectivity index (χ4v) is 3.69. The van der Waals surface area contributed by atoms with Gasteiger partial charge in [0, 0.05) is 18.6 Å². The van der Waals surface area contributed by atoms with Gasteiger partial charge < -0.3 is 24.0 Å². The molecular formula is C18H24N8O2. The summed E-state index contributed by atoms with van der Waals surface area (Å²) in [4.78, 5) is 20.7. The van der Waals surface area contributed by atoms with Crippen LogP contribution in [-0.2, 0) is 11.3 Å². The number of fused-ring (bicyclic) bond motifs is 1. The second-order valence-electron chi connectivity index (χ2n) is 8.87. The molecule has 3 aromatic heterocycles. The van der Waals surface area contributed by atoms with Crippen molar-refractivity contribution in [3.63, 3.8) is 0 Å². The number of hydrogen-bond donors (Lipinski definition) is 1. The number of rotatable bonds is 4. The molecule has 2 aliphatic heterocycles. The molecule has 1 N–H and O–H groups in total. The largest absolute Gasteiger partial charge is 0.380 e. The second-order valence-corrected chi connectivity index (χ2v) is 8.87. The first-order chi connectivity index (χ1) is 13.3. The normalized spacial score (nSPS) is 18.4. The molecule has 0 bridgehead atoms. The van der Waals surface area contributed by atoms with Gasteiger partial charge in [0.1, 0.15) is 6.54 Å². The number of imidazole rings is 1. The van der Waals surface area contributed by atoms with Crippen molar-refractivity contribution in [2.45, 2.75) is 39.8 Å². The van der Waals surface area contributed by atoms with Crippen LogP contribution in [0.3, 0.4) is 0 Å². The van der Waals surface area contributed by atoms with Gasteiger partial charge in [0.15, 0.2) is 22.8 Å². The first-order valence-corrected chi connectivity index (χ1v) is 9.43. The maximum atomic E-state index is 5.40. The molecule has 0 aromatic carbocycles. The lowest BCUT2D eigenvalue weighted by molar-refractivity contribution is -0.127. The zero-order valence-corrected chi connectivity index (χ0v) is 16.6. The summed E-state index contributed by atoms with van der Waals surface area (Å²) in [5, 5.41) is 7.24. The van der Waals surface area contributed by atoms with E-state index in [0.717, 1.165) is 43.3 Å². The van der Waals surface area contributed by atoms with E-state index in [1.54, 1.807) is 13.3 Å². The Hall–Kier alpha value is -2.75. The molecule has 5 rings (SSSR count). The minimum Gasteiger partial charge on any atom is -0.380 e. The van der Waals surface area contributed by atoms with Crippen LogP contribution in [-0.4, -0.2) is 61.5 Å². The predicted octanol–water partition coefficient (Wildman–Crippen LogP) is 1.61. The minimum absolute atomic E-state index is 0.155. The molecule has 1 spiro atoms. The van der Waals surface area contributed by atoms with E-state index in [1.165, 1.54) is 0 Å². The average Bonchev–Trinajstić information content (AvgIpc) is 3.10. The Morgan fingerprint density at radius 1 is 1.18 bits per heavy atom. The lowest BCUT2D eigenvalue weighted by atomic mass is 9.78. The Balaban J connectivity index is 1.53. The van der Waals surface area contributed by atoms with Crippen molar-refractivity contribution in [2.24, 2.45) is 5.41 Å². The average molecular weight is 384 g/mol. The Kier molecular flexibility index (Phi) is 3.64. The van der Waals surface area contributed by atoms with Gasteiger partial charge in [0.2, 0.25) is 11.8 Å². The van der Waals surface area contributed by atoms with Gasteiger partial charge in [0.25, 0.3) is 0 Å². The van der Waals surface area contributed by atoms with E-state index < -0.39 is 0 Å². The molecule has 3 aromatic rings. The predicted molar refractivity (Wildman–Crippen MR) is 102 cm³/mol. The van der Waals surface area contributed by atoms with Crippen LogP contribution < -0.4 is 10.2 Å². The number of ether oxygens (including phenoxy) is 1. The highest BCUT2D eigenvalue weighted by Gasteiger charge is 2.50. The summed E-state index contributed by atoms with van der Waals surface area (Å²) in [6.07, 6.45) is 1.76. The fraction of sp³-hybridized carbons (Fsp3) is 0.611. The van der Waals surface area contributed by atoms with Gasteiger partial charge in [-0.25, -0.2) is 4.98 Å². The third kappa shape index (κ3) is 2.97. The molecule has 10 nitrogen and oxygen atoms in total. The summed E-state index contributed by atoms with van der Waals surface area (Å²) in [6.45, 7) is 12.0. The molecule has 148 valence electrons. The van der Waals surface area contributed by atoms with E-state index in [4.69, 9.17) is 19.2 Å². The van der Waals surface area contributed by atoms with Gasteiger partial charge in [-0.05, 0) is 27.7 Å². The maximum absolute atomic E-state index is 5.40. The summed E-state index contributed by atoms with van der Waals surface area (Å²) in [5.41, 5.74) is 1.67. The molecular weight excluding hydrogens is 360 g/mol. The van der Waals surface area contributed by atoms with Gasteiger partial charge in [-0.1, -0.05) is 5.16 Å². The van der Waals surface area contributed by atoms with E-state index in [0.29, 0.717) is 29.6 Å². The molecule has 5 heterocycles. The molecule has 0 unspecified atom stereocenters. The third-order valence-corrected chi connectivity index (χ3v) is 4.98. The van der Waals surface area contributed by atoms with E-state index in [2.05, 4.69) is 46.1 Å². The van der Waals surface area contributed by atoms with Crippen molar-refractivity contribution in [3.05, 3.63) is 18.0 Å². The molecule has 0 amide bonds. The van der Waals surface area contributed by atoms with Crippen LogP contribution in [0.1, 0.15) is 32.5 Å². The van der Waals surface area contributed by atoms with Crippen molar-refractivity contribution in [3.8, 4) is 0 Å². The highest BCUT2D eigenvalue weighted by Crippen LogP contribution is 2.41. The van der Waals surface area contributed by atoms with Gasteiger partial charge in [0.05, 0.1) is 25.0 Å². The van der Waals surface area contributed by atoms with Crippen LogP contribution in [0.15, 0.2) is 10.9 Å². The summed E-state index contributed by atoms with van der Waals surface area (Å²) in [6, 6.07) is 0. The van der Waals surface area contributed by atoms with E-state index in [1.807, 2.05) is 4.57 Å². The Morgan fingerprint density at radius 3 is 2.57 bits per heavy atom. The van der Waals surface area contributed by atoms with E-state index in [9.17, 15) is 0 Å². The SMILES string of the molecule is Cc1noc(Cn2cnc3c(N4CC5(COC5)C4)nc(NC(C)(C)C)nc32)n1. The smallest absolute Gasteiger partial charge is 0.246 e. The Bertz CT molecular complexity index is 1020. The van der Waals surface area contributed by atoms with Crippen molar-refractivity contribution >= 4 is 22.9 Å². The van der Waals surface area contributed by atoms with Crippen molar-refractivity contribution < 1.29 is 9.26 Å². The summed E-state index contributed by atoms with van der Waals surface area (Å²) >= 11 is 0. The molecule has 0 radical (unpaired) electrons. The van der Waals surface area contributed by atoms with Crippen molar-refractivity contribution in [2.75, 3.05) is 36.5 Å². The van der Waals surface area contributed by atoms with Crippen molar-refractivity contribution in [1.29, 1.82) is 0 Å². The summed E-state index contributed by atoms with van der Waals surface area (Å²) in [5.74, 6) is 2.58. The van der Waals surface area contributed by atoms with Gasteiger partial charge in [-0.3, -0.25) is 0 Å². The van der Waals surface area contributed by atoms with Gasteiger partial charge in [-0.15, -0.1) is 0 Å². The fourth-order valence-electron chi connectivity index (χ4n) is 3.69. The number of nitrogens with one attached hydrogen (secondary N) is 1. The summed E-state index contributed by atoms with van der Waals surface area (Å²) < 4.78 is 12.6. The third-order valence-electron chi connectivity index (χ3n) is 4.98. The first-order valence-electron chi connectivity index (χ1n) is 9.43. The topological polar surface area (TPSA) is 107 Å². The highest BCUT2D eigenvalue weighted by molar-refractivity contribution is 5.85. The van der Waals surface area contributed by atoms with Crippen LogP contribution in [0.4, 0.5) is 11.8 Å². The van der Waals surface area contributed by atoms with Crippen LogP contribution in [0.2, 0.25) is 0 Å².